The Kier molecular flexibility index (Phi) is 5.88. The minimum atomic E-state index is -0.302. The van der Waals surface area contributed by atoms with Crippen LogP contribution in [0.1, 0.15) is 26.5 Å². The molecule has 0 bridgehead atoms. The molecule has 1 heterocycles. The summed E-state index contributed by atoms with van der Waals surface area (Å²) in [7, 11) is 0. The lowest BCUT2D eigenvalue weighted by atomic mass is 10.0. The monoisotopic (exact) mass is 254 g/mol. The smallest absolute Gasteiger partial charge is 0.237 e. The molecule has 0 radical (unpaired) electrons. The second-order valence-electron chi connectivity index (χ2n) is 4.63. The number of aliphatic hydroxyl groups excluding tert-OH is 1. The molecule has 5 heteroatoms. The molecule has 18 heavy (non-hydrogen) atoms. The van der Waals surface area contributed by atoms with Crippen molar-refractivity contribution in [3.8, 4) is 0 Å². The Bertz CT molecular complexity index is 351. The van der Waals surface area contributed by atoms with Crippen molar-refractivity contribution in [3.05, 3.63) is 24.2 Å². The van der Waals surface area contributed by atoms with Crippen LogP contribution in [0.15, 0.2) is 22.8 Å². The highest BCUT2D eigenvalue weighted by atomic mass is 16.3. The number of hydrogen-bond acceptors (Lipinski definition) is 4. The van der Waals surface area contributed by atoms with Gasteiger partial charge in [0.05, 0.1) is 18.8 Å². The molecule has 0 aliphatic heterocycles. The minimum Gasteiger partial charge on any atom is -0.467 e. The molecule has 0 saturated carbocycles. The lowest BCUT2D eigenvalue weighted by Crippen LogP contribution is -2.47. The number of aliphatic hydroxyl groups is 1. The zero-order valence-corrected chi connectivity index (χ0v) is 11.1. The van der Waals surface area contributed by atoms with Gasteiger partial charge in [-0.3, -0.25) is 4.79 Å². The number of rotatable bonds is 7. The molecule has 0 fully saturated rings. The van der Waals surface area contributed by atoms with E-state index in [4.69, 9.17) is 9.52 Å². The van der Waals surface area contributed by atoms with Gasteiger partial charge >= 0.3 is 0 Å². The molecule has 3 unspecified atom stereocenters. The summed E-state index contributed by atoms with van der Waals surface area (Å²) in [6.07, 6.45) is 1.58. The van der Waals surface area contributed by atoms with E-state index in [0.29, 0.717) is 6.54 Å². The van der Waals surface area contributed by atoms with Crippen molar-refractivity contribution in [2.24, 2.45) is 5.92 Å². The third-order valence-electron chi connectivity index (χ3n) is 3.06. The Morgan fingerprint density at radius 3 is 2.72 bits per heavy atom. The van der Waals surface area contributed by atoms with E-state index in [1.165, 1.54) is 0 Å². The molecule has 0 aliphatic rings. The maximum atomic E-state index is 11.8. The van der Waals surface area contributed by atoms with E-state index in [9.17, 15) is 4.79 Å². The molecule has 5 nitrogen and oxygen atoms in total. The van der Waals surface area contributed by atoms with Crippen molar-refractivity contribution >= 4 is 5.91 Å². The van der Waals surface area contributed by atoms with E-state index in [2.05, 4.69) is 10.6 Å². The SMILES string of the molecule is CC(NC(C)C(C)CO)C(=O)NCc1ccco1. The van der Waals surface area contributed by atoms with Crippen molar-refractivity contribution in [1.82, 2.24) is 10.6 Å². The van der Waals surface area contributed by atoms with Crippen molar-refractivity contribution in [1.29, 1.82) is 0 Å². The predicted octanol–water partition coefficient (Wildman–Crippen LogP) is 0.891. The molecule has 0 aromatic carbocycles. The van der Waals surface area contributed by atoms with Crippen LogP contribution in [0, 0.1) is 5.92 Å². The van der Waals surface area contributed by atoms with Gasteiger partial charge in [0.25, 0.3) is 0 Å². The molecule has 1 rings (SSSR count). The number of furan rings is 1. The van der Waals surface area contributed by atoms with Gasteiger partial charge in [-0.1, -0.05) is 6.92 Å². The Morgan fingerprint density at radius 2 is 2.17 bits per heavy atom. The maximum Gasteiger partial charge on any atom is 0.237 e. The van der Waals surface area contributed by atoms with Crippen LogP contribution in [-0.4, -0.2) is 29.7 Å². The molecular formula is C13H22N2O3. The fourth-order valence-corrected chi connectivity index (χ4v) is 1.53. The van der Waals surface area contributed by atoms with Crippen LogP contribution >= 0.6 is 0 Å². The topological polar surface area (TPSA) is 74.5 Å². The Hall–Kier alpha value is -1.33. The fraction of sp³-hybridized carbons (Fsp3) is 0.615. The standard InChI is InChI=1S/C13H22N2O3/c1-9(8-16)10(2)15-11(3)13(17)14-7-12-5-4-6-18-12/h4-6,9-11,15-16H,7-8H2,1-3H3,(H,14,17). The minimum absolute atomic E-state index is 0.0802. The Labute approximate surface area is 108 Å². The normalized spacial score (nSPS) is 16.0. The zero-order chi connectivity index (χ0) is 13.5. The van der Waals surface area contributed by atoms with Crippen molar-refractivity contribution in [2.45, 2.75) is 39.4 Å². The van der Waals surface area contributed by atoms with E-state index >= 15 is 0 Å². The van der Waals surface area contributed by atoms with Crippen LogP contribution in [0.2, 0.25) is 0 Å². The molecule has 1 aromatic rings. The molecule has 102 valence electrons. The second kappa shape index (κ2) is 7.18. The molecule has 0 saturated heterocycles. The first-order chi connectivity index (χ1) is 8.54. The van der Waals surface area contributed by atoms with E-state index in [-0.39, 0.29) is 30.5 Å². The fourth-order valence-electron chi connectivity index (χ4n) is 1.53. The van der Waals surface area contributed by atoms with Crippen molar-refractivity contribution < 1.29 is 14.3 Å². The lowest BCUT2D eigenvalue weighted by molar-refractivity contribution is -0.123. The summed E-state index contributed by atoms with van der Waals surface area (Å²) >= 11 is 0. The lowest BCUT2D eigenvalue weighted by Gasteiger charge is -2.23. The van der Waals surface area contributed by atoms with Crippen LogP contribution < -0.4 is 10.6 Å². The van der Waals surface area contributed by atoms with Crippen LogP contribution in [0.25, 0.3) is 0 Å². The van der Waals surface area contributed by atoms with Gasteiger partial charge in [-0.05, 0) is 31.9 Å². The zero-order valence-electron chi connectivity index (χ0n) is 11.1. The van der Waals surface area contributed by atoms with Gasteiger partial charge < -0.3 is 20.2 Å². The summed E-state index contributed by atoms with van der Waals surface area (Å²) in [5, 5.41) is 15.0. The molecule has 0 spiro atoms. The third-order valence-corrected chi connectivity index (χ3v) is 3.06. The average molecular weight is 254 g/mol. The summed E-state index contributed by atoms with van der Waals surface area (Å²) in [4.78, 5) is 11.8. The van der Waals surface area contributed by atoms with Crippen LogP contribution in [0.4, 0.5) is 0 Å². The van der Waals surface area contributed by atoms with Gasteiger partial charge in [-0.2, -0.15) is 0 Å². The maximum absolute atomic E-state index is 11.8. The van der Waals surface area contributed by atoms with Gasteiger partial charge in [-0.15, -0.1) is 0 Å². The number of carbonyl (C=O) groups excluding carboxylic acids is 1. The Morgan fingerprint density at radius 1 is 1.44 bits per heavy atom. The molecule has 1 amide bonds. The summed E-state index contributed by atoms with van der Waals surface area (Å²) < 4.78 is 5.13. The van der Waals surface area contributed by atoms with Gasteiger partial charge in [0.2, 0.25) is 5.91 Å². The quantitative estimate of drug-likeness (QED) is 0.675. The van der Waals surface area contributed by atoms with E-state index in [1.807, 2.05) is 19.9 Å². The molecule has 0 aliphatic carbocycles. The third kappa shape index (κ3) is 4.50. The van der Waals surface area contributed by atoms with E-state index in [1.54, 1.807) is 19.3 Å². The van der Waals surface area contributed by atoms with Gasteiger partial charge in [-0.25, -0.2) is 0 Å². The highest BCUT2D eigenvalue weighted by Gasteiger charge is 2.18. The number of hydrogen-bond donors (Lipinski definition) is 3. The summed E-state index contributed by atoms with van der Waals surface area (Å²) in [5.74, 6) is 0.765. The number of nitrogens with one attached hydrogen (secondary N) is 2. The van der Waals surface area contributed by atoms with Gasteiger partial charge in [0.15, 0.2) is 0 Å². The predicted molar refractivity (Wildman–Crippen MR) is 68.9 cm³/mol. The largest absolute Gasteiger partial charge is 0.467 e. The van der Waals surface area contributed by atoms with E-state index in [0.717, 1.165) is 5.76 Å². The van der Waals surface area contributed by atoms with Gasteiger partial charge in [0, 0.05) is 12.6 Å². The first kappa shape index (κ1) is 14.7. The van der Waals surface area contributed by atoms with Gasteiger partial charge in [0.1, 0.15) is 5.76 Å². The summed E-state index contributed by atoms with van der Waals surface area (Å²) in [6, 6.07) is 3.38. The van der Waals surface area contributed by atoms with Crippen molar-refractivity contribution in [2.75, 3.05) is 6.61 Å². The first-order valence-electron chi connectivity index (χ1n) is 6.21. The van der Waals surface area contributed by atoms with Crippen LogP contribution in [0.5, 0.6) is 0 Å². The molecule has 3 atom stereocenters. The van der Waals surface area contributed by atoms with Crippen LogP contribution in [-0.2, 0) is 11.3 Å². The molecular weight excluding hydrogens is 232 g/mol. The number of amides is 1. The molecule has 3 N–H and O–H groups in total. The highest BCUT2D eigenvalue weighted by molar-refractivity contribution is 5.81. The van der Waals surface area contributed by atoms with Crippen molar-refractivity contribution in [3.63, 3.8) is 0 Å². The second-order valence-corrected chi connectivity index (χ2v) is 4.63. The first-order valence-corrected chi connectivity index (χ1v) is 6.21. The average Bonchev–Trinajstić information content (AvgIpc) is 2.87. The Balaban J connectivity index is 2.32. The van der Waals surface area contributed by atoms with Crippen LogP contribution in [0.3, 0.4) is 0 Å². The number of carbonyl (C=O) groups is 1. The summed E-state index contributed by atoms with van der Waals surface area (Å²) in [5.41, 5.74) is 0. The van der Waals surface area contributed by atoms with E-state index < -0.39 is 0 Å². The highest BCUT2D eigenvalue weighted by Crippen LogP contribution is 2.03. The molecule has 1 aromatic heterocycles. The summed E-state index contributed by atoms with van der Waals surface area (Å²) in [6.45, 7) is 6.19.